The molecule has 8 heteroatoms. The van der Waals surface area contributed by atoms with E-state index < -0.39 is 21.5 Å². The second kappa shape index (κ2) is 7.17. The van der Waals surface area contributed by atoms with E-state index in [-0.39, 0.29) is 17.5 Å². The summed E-state index contributed by atoms with van der Waals surface area (Å²) in [6.45, 7) is 5.98. The summed E-state index contributed by atoms with van der Waals surface area (Å²) in [7, 11) is -3.29. The van der Waals surface area contributed by atoms with Gasteiger partial charge in [0.1, 0.15) is 5.60 Å². The van der Waals surface area contributed by atoms with E-state index in [9.17, 15) is 13.2 Å². The standard InChI is InChI=1S/C15H24N2O4S2/c1-15(2,3)21-14(18)17-7-5-4-6-12(17)9-23(19,20)10-13-8-16-11-22-13/h8,11-12H,4-7,9-10H2,1-3H3/t12-/m1/s1. The lowest BCUT2D eigenvalue weighted by Crippen LogP contribution is -2.49. The molecule has 1 aliphatic rings. The molecule has 0 radical (unpaired) electrons. The topological polar surface area (TPSA) is 76.6 Å². The molecule has 1 aromatic heterocycles. The molecule has 1 aliphatic heterocycles. The van der Waals surface area contributed by atoms with Crippen LogP contribution < -0.4 is 0 Å². The van der Waals surface area contributed by atoms with Crippen LogP contribution in [-0.2, 0) is 20.3 Å². The van der Waals surface area contributed by atoms with E-state index in [1.165, 1.54) is 11.3 Å². The molecular formula is C15H24N2O4S2. The van der Waals surface area contributed by atoms with Crippen LogP contribution in [0.4, 0.5) is 4.79 Å². The second-order valence-electron chi connectivity index (χ2n) is 6.85. The Balaban J connectivity index is 2.04. The minimum absolute atomic E-state index is 0.0175. The number of carbonyl (C=O) groups is 1. The van der Waals surface area contributed by atoms with Crippen molar-refractivity contribution in [2.24, 2.45) is 0 Å². The first-order chi connectivity index (χ1) is 10.7. The van der Waals surface area contributed by atoms with Crippen molar-refractivity contribution >= 4 is 27.3 Å². The van der Waals surface area contributed by atoms with Gasteiger partial charge in [0.25, 0.3) is 0 Å². The quantitative estimate of drug-likeness (QED) is 0.825. The maximum atomic E-state index is 12.4. The Labute approximate surface area is 141 Å². The first kappa shape index (κ1) is 18.2. The van der Waals surface area contributed by atoms with Gasteiger partial charge in [0.2, 0.25) is 0 Å². The Bertz CT molecular complexity index is 620. The minimum Gasteiger partial charge on any atom is -0.444 e. The molecule has 1 fully saturated rings. The highest BCUT2D eigenvalue weighted by Crippen LogP contribution is 2.23. The Morgan fingerprint density at radius 1 is 1.43 bits per heavy atom. The zero-order valence-electron chi connectivity index (χ0n) is 13.8. The molecule has 0 N–H and O–H groups in total. The molecule has 1 aromatic rings. The largest absolute Gasteiger partial charge is 0.444 e. The average Bonchev–Trinajstić information content (AvgIpc) is 2.88. The van der Waals surface area contributed by atoms with Crippen molar-refractivity contribution in [2.75, 3.05) is 12.3 Å². The van der Waals surface area contributed by atoms with Crippen molar-refractivity contribution in [1.29, 1.82) is 0 Å². The Hall–Kier alpha value is -1.15. The van der Waals surface area contributed by atoms with Gasteiger partial charge in [0.05, 0.1) is 17.0 Å². The summed E-state index contributed by atoms with van der Waals surface area (Å²) in [5.74, 6) is -0.0412. The fraction of sp³-hybridized carbons (Fsp3) is 0.733. The normalized spacial score (nSPS) is 19.6. The third-order valence-corrected chi connectivity index (χ3v) is 6.15. The zero-order valence-corrected chi connectivity index (χ0v) is 15.5. The molecule has 1 saturated heterocycles. The number of piperidine rings is 1. The van der Waals surface area contributed by atoms with Gasteiger partial charge in [-0.3, -0.25) is 4.98 Å². The predicted molar refractivity (Wildman–Crippen MR) is 90.2 cm³/mol. The predicted octanol–water partition coefficient (Wildman–Crippen LogP) is 2.85. The number of ether oxygens (including phenoxy) is 1. The number of amides is 1. The van der Waals surface area contributed by atoms with Crippen LogP contribution in [-0.4, -0.2) is 48.3 Å². The lowest BCUT2D eigenvalue weighted by atomic mass is 10.0. The number of thiazole rings is 1. The van der Waals surface area contributed by atoms with Crippen LogP contribution in [0.3, 0.4) is 0 Å². The Morgan fingerprint density at radius 2 is 2.17 bits per heavy atom. The highest BCUT2D eigenvalue weighted by atomic mass is 32.2. The van der Waals surface area contributed by atoms with E-state index in [4.69, 9.17) is 4.74 Å². The van der Waals surface area contributed by atoms with Crippen molar-refractivity contribution in [2.45, 2.75) is 57.4 Å². The maximum Gasteiger partial charge on any atom is 0.410 e. The van der Waals surface area contributed by atoms with Crippen molar-refractivity contribution in [3.05, 3.63) is 16.6 Å². The zero-order chi connectivity index (χ0) is 17.1. The van der Waals surface area contributed by atoms with Crippen LogP contribution in [0.15, 0.2) is 11.7 Å². The summed E-state index contributed by atoms with van der Waals surface area (Å²) in [6, 6.07) is -0.309. The third-order valence-electron chi connectivity index (χ3n) is 3.55. The summed E-state index contributed by atoms with van der Waals surface area (Å²) in [6.07, 6.45) is 3.66. The smallest absolute Gasteiger partial charge is 0.410 e. The van der Waals surface area contributed by atoms with Crippen LogP contribution >= 0.6 is 11.3 Å². The monoisotopic (exact) mass is 360 g/mol. The van der Waals surface area contributed by atoms with Crippen molar-refractivity contribution < 1.29 is 17.9 Å². The number of hydrogen-bond donors (Lipinski definition) is 0. The lowest BCUT2D eigenvalue weighted by molar-refractivity contribution is 0.0124. The summed E-state index contributed by atoms with van der Waals surface area (Å²) >= 11 is 1.33. The van der Waals surface area contributed by atoms with Crippen molar-refractivity contribution in [3.63, 3.8) is 0 Å². The number of carbonyl (C=O) groups excluding carboxylic acids is 1. The van der Waals surface area contributed by atoms with Crippen molar-refractivity contribution in [3.8, 4) is 0 Å². The first-order valence-corrected chi connectivity index (χ1v) is 10.4. The van der Waals surface area contributed by atoms with Crippen molar-refractivity contribution in [1.82, 2.24) is 9.88 Å². The fourth-order valence-corrected chi connectivity index (χ4v) is 5.37. The van der Waals surface area contributed by atoms with Crippen LogP contribution in [0.1, 0.15) is 44.9 Å². The lowest BCUT2D eigenvalue weighted by Gasteiger charge is -2.36. The average molecular weight is 361 g/mol. The number of rotatable bonds is 4. The van der Waals surface area contributed by atoms with Gasteiger partial charge in [0, 0.05) is 23.7 Å². The number of sulfone groups is 1. The van der Waals surface area contributed by atoms with Gasteiger partial charge in [-0.05, 0) is 40.0 Å². The van der Waals surface area contributed by atoms with E-state index >= 15 is 0 Å². The first-order valence-electron chi connectivity index (χ1n) is 7.74. The molecule has 2 heterocycles. The SMILES string of the molecule is CC(C)(C)OC(=O)N1CCCC[C@@H]1CS(=O)(=O)Cc1cncs1. The van der Waals surface area contributed by atoms with Gasteiger partial charge >= 0.3 is 6.09 Å². The molecule has 1 amide bonds. The molecule has 0 unspecified atom stereocenters. The number of likely N-dealkylation sites (tertiary alicyclic amines) is 1. The number of aromatic nitrogens is 1. The van der Waals surface area contributed by atoms with Gasteiger partial charge in [-0.25, -0.2) is 13.2 Å². The molecule has 0 spiro atoms. The fourth-order valence-electron chi connectivity index (χ4n) is 2.62. The molecular weight excluding hydrogens is 336 g/mol. The van der Waals surface area contributed by atoms with Gasteiger partial charge < -0.3 is 9.64 Å². The van der Waals surface area contributed by atoms with Crippen LogP contribution in [0.25, 0.3) is 0 Å². The summed E-state index contributed by atoms with van der Waals surface area (Å²) < 4.78 is 30.3. The van der Waals surface area contributed by atoms with Crippen LogP contribution in [0.5, 0.6) is 0 Å². The van der Waals surface area contributed by atoms with Crippen LogP contribution in [0.2, 0.25) is 0 Å². The second-order valence-corrected chi connectivity index (χ2v) is 9.93. The maximum absolute atomic E-state index is 12.4. The van der Waals surface area contributed by atoms with Crippen LogP contribution in [0, 0.1) is 0 Å². The molecule has 6 nitrogen and oxygen atoms in total. The molecule has 0 aromatic carbocycles. The number of hydrogen-bond acceptors (Lipinski definition) is 6. The summed E-state index contributed by atoms with van der Waals surface area (Å²) in [5, 5.41) is 0. The van der Waals surface area contributed by atoms with Gasteiger partial charge in [0.15, 0.2) is 9.84 Å². The van der Waals surface area contributed by atoms with E-state index in [2.05, 4.69) is 4.98 Å². The summed E-state index contributed by atoms with van der Waals surface area (Å²) in [4.78, 5) is 18.5. The van der Waals surface area contributed by atoms with E-state index in [0.29, 0.717) is 13.0 Å². The molecule has 130 valence electrons. The molecule has 23 heavy (non-hydrogen) atoms. The van der Waals surface area contributed by atoms with Gasteiger partial charge in [-0.15, -0.1) is 11.3 Å². The highest BCUT2D eigenvalue weighted by Gasteiger charge is 2.33. The summed E-state index contributed by atoms with van der Waals surface area (Å²) in [5.41, 5.74) is 1.04. The third kappa shape index (κ3) is 5.76. The molecule has 0 aliphatic carbocycles. The minimum atomic E-state index is -3.29. The molecule has 1 atom stereocenters. The van der Waals surface area contributed by atoms with Gasteiger partial charge in [-0.2, -0.15) is 0 Å². The molecule has 2 rings (SSSR count). The molecule has 0 saturated carbocycles. The van der Waals surface area contributed by atoms with E-state index in [0.717, 1.165) is 17.7 Å². The Kier molecular flexibility index (Phi) is 5.67. The van der Waals surface area contributed by atoms with Gasteiger partial charge in [-0.1, -0.05) is 0 Å². The van der Waals surface area contributed by atoms with E-state index in [1.54, 1.807) is 16.6 Å². The number of nitrogens with zero attached hydrogens (tertiary/aromatic N) is 2. The molecule has 0 bridgehead atoms. The Morgan fingerprint density at radius 3 is 2.78 bits per heavy atom. The highest BCUT2D eigenvalue weighted by molar-refractivity contribution is 7.90. The van der Waals surface area contributed by atoms with E-state index in [1.807, 2.05) is 20.8 Å².